The Hall–Kier alpha value is -4.34. The number of anilines is 1. The van der Waals surface area contributed by atoms with Crippen LogP contribution >= 0.6 is 11.3 Å². The number of likely N-dealkylation sites (tertiary alicyclic amines) is 1. The molecule has 4 atom stereocenters. The van der Waals surface area contributed by atoms with Gasteiger partial charge in [0, 0.05) is 37.8 Å². The monoisotopic (exact) mass is 638 g/mol. The van der Waals surface area contributed by atoms with Crippen molar-refractivity contribution in [3.63, 3.8) is 0 Å². The number of Topliss-reactive ketones (excluding diaryl/α,β-unsaturated/α-hetero) is 1. The molecule has 4 unspecified atom stereocenters. The number of benzene rings is 3. The highest BCUT2D eigenvalue weighted by atomic mass is 32.1. The summed E-state index contributed by atoms with van der Waals surface area (Å²) >= 11 is 1.34. The van der Waals surface area contributed by atoms with Gasteiger partial charge in [0.05, 0.1) is 16.8 Å². The molecule has 0 aliphatic carbocycles. The molecule has 238 valence electrons. The average Bonchev–Trinajstić information content (AvgIpc) is 3.73. The quantitative estimate of drug-likeness (QED) is 0.226. The van der Waals surface area contributed by atoms with E-state index < -0.39 is 35.8 Å². The van der Waals surface area contributed by atoms with Gasteiger partial charge in [-0.25, -0.2) is 9.18 Å². The molecule has 2 aliphatic rings. The number of amides is 3. The molecule has 0 saturated carbocycles. The van der Waals surface area contributed by atoms with Crippen LogP contribution in [0.25, 0.3) is 0 Å². The van der Waals surface area contributed by atoms with Gasteiger partial charge in [0.15, 0.2) is 5.78 Å². The van der Waals surface area contributed by atoms with E-state index in [0.29, 0.717) is 42.3 Å². The maximum atomic E-state index is 14.8. The number of piperazine rings is 1. The number of nitrogens with one attached hydrogen (secondary N) is 2. The molecule has 2 saturated heterocycles. The summed E-state index contributed by atoms with van der Waals surface area (Å²) in [6.07, 6.45) is 0. The van der Waals surface area contributed by atoms with Crippen LogP contribution in [-0.2, 0) is 10.2 Å². The van der Waals surface area contributed by atoms with Gasteiger partial charge >= 0.3 is 6.03 Å². The fraction of sp³-hybridized carbons (Fsp3) is 0.324. The molecule has 0 bridgehead atoms. The van der Waals surface area contributed by atoms with Crippen molar-refractivity contribution in [3.8, 4) is 0 Å². The smallest absolute Gasteiger partial charge is 0.323 e. The topological polar surface area (TPSA) is 81.8 Å². The SMILES string of the molecule is CC(C)(C)c1ccc(C2C(C(=O)c3cccs3)C(c3ccc(F)cc3)N(C(=O)Nc3ccccc3)C2C(=O)N2CCNCC2)cc1. The minimum atomic E-state index is -0.994. The van der Waals surface area contributed by atoms with Gasteiger partial charge in [-0.1, -0.05) is 81.4 Å². The molecule has 46 heavy (non-hydrogen) atoms. The number of rotatable bonds is 6. The van der Waals surface area contributed by atoms with Crippen LogP contribution in [0.3, 0.4) is 0 Å². The van der Waals surface area contributed by atoms with Crippen molar-refractivity contribution in [2.75, 3.05) is 31.5 Å². The van der Waals surface area contributed by atoms with Crippen molar-refractivity contribution in [3.05, 3.63) is 124 Å². The van der Waals surface area contributed by atoms with Crippen LogP contribution in [0.5, 0.6) is 0 Å². The maximum Gasteiger partial charge on any atom is 0.323 e. The van der Waals surface area contributed by atoms with E-state index in [1.165, 1.54) is 23.5 Å². The predicted molar refractivity (Wildman–Crippen MR) is 180 cm³/mol. The van der Waals surface area contributed by atoms with Gasteiger partial charge in [0.2, 0.25) is 5.91 Å². The Morgan fingerprint density at radius 2 is 1.50 bits per heavy atom. The third kappa shape index (κ3) is 6.34. The highest BCUT2D eigenvalue weighted by Gasteiger charge is 2.58. The number of ketones is 1. The molecule has 3 heterocycles. The molecule has 6 rings (SSSR count). The molecule has 4 aromatic rings. The number of carbonyl (C=O) groups is 3. The molecule has 9 heteroatoms. The fourth-order valence-corrected chi connectivity index (χ4v) is 7.44. The first-order valence-corrected chi connectivity index (χ1v) is 16.6. The van der Waals surface area contributed by atoms with E-state index in [1.807, 2.05) is 53.9 Å². The number of nitrogens with zero attached hydrogens (tertiary/aromatic N) is 2. The normalized spacial score (nSPS) is 21.7. The van der Waals surface area contributed by atoms with Gasteiger partial charge in [-0.3, -0.25) is 9.59 Å². The van der Waals surface area contributed by atoms with Gasteiger partial charge in [0.25, 0.3) is 0 Å². The molecule has 0 spiro atoms. The summed E-state index contributed by atoms with van der Waals surface area (Å²) in [5, 5.41) is 8.15. The predicted octanol–water partition coefficient (Wildman–Crippen LogP) is 6.86. The van der Waals surface area contributed by atoms with Crippen LogP contribution in [0.2, 0.25) is 0 Å². The summed E-state index contributed by atoms with van der Waals surface area (Å²) in [7, 11) is 0. The van der Waals surface area contributed by atoms with Gasteiger partial charge in [-0.15, -0.1) is 11.3 Å². The zero-order chi connectivity index (χ0) is 32.4. The molecule has 2 fully saturated rings. The van der Waals surface area contributed by atoms with Gasteiger partial charge in [-0.05, 0) is 57.8 Å². The van der Waals surface area contributed by atoms with Crippen molar-refractivity contribution in [2.45, 2.75) is 44.2 Å². The van der Waals surface area contributed by atoms with E-state index in [1.54, 1.807) is 40.1 Å². The third-order valence-corrected chi connectivity index (χ3v) is 9.93. The molecule has 3 aromatic carbocycles. The van der Waals surface area contributed by atoms with Crippen LogP contribution in [0, 0.1) is 11.7 Å². The van der Waals surface area contributed by atoms with Gasteiger partial charge < -0.3 is 20.4 Å². The maximum absolute atomic E-state index is 14.8. The van der Waals surface area contributed by atoms with Crippen LogP contribution in [-0.4, -0.2) is 59.7 Å². The Morgan fingerprint density at radius 1 is 0.848 bits per heavy atom. The molecule has 3 amide bonds. The van der Waals surface area contributed by atoms with Crippen molar-refractivity contribution >= 4 is 34.7 Å². The Morgan fingerprint density at radius 3 is 2.11 bits per heavy atom. The second-order valence-corrected chi connectivity index (χ2v) is 13.9. The zero-order valence-electron chi connectivity index (χ0n) is 26.3. The summed E-state index contributed by atoms with van der Waals surface area (Å²) in [6.45, 7) is 8.66. The lowest BCUT2D eigenvalue weighted by molar-refractivity contribution is -0.136. The minimum Gasteiger partial charge on any atom is -0.338 e. The number of urea groups is 1. The van der Waals surface area contributed by atoms with Crippen LogP contribution in [0.1, 0.15) is 59.1 Å². The lowest BCUT2D eigenvalue weighted by atomic mass is 9.76. The standard InChI is InChI=1S/C37H39FN4O3S/c1-37(2,3)26-15-11-24(12-16-26)30-31(34(43)29-10-7-23-46-29)32(25-13-17-27(38)18-14-25)42(36(45)40-28-8-5-4-6-9-28)33(30)35(44)41-21-19-39-20-22-41/h4-18,23,30-33,39H,19-22H2,1-3H3,(H,40,45). The van der Waals surface area contributed by atoms with Gasteiger partial charge in [-0.2, -0.15) is 0 Å². The van der Waals surface area contributed by atoms with E-state index >= 15 is 0 Å². The molecule has 7 nitrogen and oxygen atoms in total. The summed E-state index contributed by atoms with van der Waals surface area (Å²) in [5.41, 5.74) is 2.98. The summed E-state index contributed by atoms with van der Waals surface area (Å²) in [6, 6.07) is 24.4. The summed E-state index contributed by atoms with van der Waals surface area (Å²) in [4.78, 5) is 47.9. The van der Waals surface area contributed by atoms with Crippen molar-refractivity contribution in [1.29, 1.82) is 0 Å². The van der Waals surface area contributed by atoms with E-state index in [-0.39, 0.29) is 17.1 Å². The number of para-hydroxylation sites is 1. The first-order chi connectivity index (χ1) is 22.1. The highest BCUT2D eigenvalue weighted by Crippen LogP contribution is 2.52. The number of hydrogen-bond donors (Lipinski definition) is 2. The third-order valence-electron chi connectivity index (χ3n) is 9.05. The number of thiophene rings is 1. The highest BCUT2D eigenvalue weighted by molar-refractivity contribution is 7.12. The average molecular weight is 639 g/mol. The van der Waals surface area contributed by atoms with Crippen molar-refractivity contribution < 1.29 is 18.8 Å². The summed E-state index contributed by atoms with van der Waals surface area (Å²) in [5.74, 6) is -2.26. The van der Waals surface area contributed by atoms with Crippen LogP contribution < -0.4 is 10.6 Å². The lowest BCUT2D eigenvalue weighted by Crippen LogP contribution is -2.55. The first kappa shape index (κ1) is 31.6. The van der Waals surface area contributed by atoms with Crippen LogP contribution in [0.4, 0.5) is 14.9 Å². The van der Waals surface area contributed by atoms with Gasteiger partial charge in [0.1, 0.15) is 11.9 Å². The number of halogens is 1. The second-order valence-electron chi connectivity index (χ2n) is 13.0. The molecule has 0 radical (unpaired) electrons. The van der Waals surface area contributed by atoms with E-state index in [0.717, 1.165) is 11.1 Å². The molecule has 2 N–H and O–H groups in total. The molecule has 2 aliphatic heterocycles. The largest absolute Gasteiger partial charge is 0.338 e. The van der Waals surface area contributed by atoms with E-state index in [4.69, 9.17) is 0 Å². The molecular formula is C37H39FN4O3S. The Labute approximate surface area is 273 Å². The molecule has 1 aromatic heterocycles. The lowest BCUT2D eigenvalue weighted by Gasteiger charge is -2.36. The van der Waals surface area contributed by atoms with Crippen molar-refractivity contribution in [2.24, 2.45) is 5.92 Å². The fourth-order valence-electron chi connectivity index (χ4n) is 6.73. The molecular weight excluding hydrogens is 599 g/mol. The summed E-state index contributed by atoms with van der Waals surface area (Å²) < 4.78 is 14.3. The van der Waals surface area contributed by atoms with Crippen LogP contribution in [0.15, 0.2) is 96.4 Å². The minimum absolute atomic E-state index is 0.103. The Bertz CT molecular complexity index is 1660. The number of hydrogen-bond acceptors (Lipinski definition) is 5. The Balaban J connectivity index is 1.57. The second kappa shape index (κ2) is 13.2. The Kier molecular flexibility index (Phi) is 9.06. The van der Waals surface area contributed by atoms with E-state index in [9.17, 15) is 18.8 Å². The van der Waals surface area contributed by atoms with Crippen molar-refractivity contribution in [1.82, 2.24) is 15.1 Å². The van der Waals surface area contributed by atoms with E-state index in [2.05, 4.69) is 31.4 Å². The number of carbonyl (C=O) groups excluding carboxylic acids is 3. The zero-order valence-corrected chi connectivity index (χ0v) is 27.1. The first-order valence-electron chi connectivity index (χ1n) is 15.7.